The molecule has 1 aliphatic rings. The van der Waals surface area contributed by atoms with Crippen LogP contribution in [0.4, 0.5) is 18.0 Å². The first kappa shape index (κ1) is 26.9. The third-order valence-corrected chi connectivity index (χ3v) is 7.42. The normalized spacial score (nSPS) is 18.2. The minimum Gasteiger partial charge on any atom is -0.450 e. The Kier molecular flexibility index (Phi) is 7.80. The second-order valence-electron chi connectivity index (χ2n) is 8.19. The lowest BCUT2D eigenvalue weighted by Gasteiger charge is -2.39. The number of carbonyl (C=O) groups excluding carboxylic acids is 1. The Hall–Kier alpha value is -2.67. The van der Waals surface area contributed by atoms with E-state index in [4.69, 9.17) is 20.8 Å². The number of ether oxygens (including phenoxy) is 1. The maximum atomic E-state index is 13.3. The minimum atomic E-state index is -4.83. The highest BCUT2D eigenvalue weighted by molar-refractivity contribution is 7.84. The average Bonchev–Trinajstić information content (AvgIpc) is 3.11. The molecule has 0 spiro atoms. The molecule has 1 saturated carbocycles. The number of hydrogen-bond donors (Lipinski definition) is 1. The summed E-state index contributed by atoms with van der Waals surface area (Å²) in [4.78, 5) is 27.5. The van der Waals surface area contributed by atoms with Crippen molar-refractivity contribution in [1.29, 1.82) is 0 Å². The van der Waals surface area contributed by atoms with Crippen LogP contribution in [0.3, 0.4) is 0 Å². The predicted octanol–water partition coefficient (Wildman–Crippen LogP) is 4.89. The van der Waals surface area contributed by atoms with E-state index in [9.17, 15) is 32.1 Å². The van der Waals surface area contributed by atoms with Gasteiger partial charge in [0.15, 0.2) is 0 Å². The van der Waals surface area contributed by atoms with E-state index in [-0.39, 0.29) is 11.6 Å². The molecule has 2 atom stereocenters. The molecule has 0 radical (unpaired) electrons. The smallest absolute Gasteiger partial charge is 0.450 e. The number of halogens is 4. The molecule has 2 unspecified atom stereocenters. The van der Waals surface area contributed by atoms with Crippen molar-refractivity contribution in [2.24, 2.45) is 4.99 Å². The van der Waals surface area contributed by atoms with Crippen molar-refractivity contribution in [3.05, 3.63) is 39.9 Å². The van der Waals surface area contributed by atoms with Crippen LogP contribution in [0.25, 0.3) is 0 Å². The van der Waals surface area contributed by atoms with Crippen LogP contribution in [0.1, 0.15) is 66.9 Å². The lowest BCUT2D eigenvalue weighted by Crippen LogP contribution is -2.46. The molecule has 1 aliphatic carbocycles. The third kappa shape index (κ3) is 5.61. The summed E-state index contributed by atoms with van der Waals surface area (Å²) in [5, 5.41) is 12.9. The monoisotopic (exact) mass is 537 g/mol. The summed E-state index contributed by atoms with van der Waals surface area (Å²) in [6.07, 6.45) is -2.08. The van der Waals surface area contributed by atoms with Gasteiger partial charge in [0.1, 0.15) is 5.60 Å². The maximum Gasteiger partial charge on any atom is 0.506 e. The zero-order valence-corrected chi connectivity index (χ0v) is 20.6. The van der Waals surface area contributed by atoms with Crippen LogP contribution in [0.2, 0.25) is 5.02 Å². The number of aryl methyl sites for hydroxylation is 1. The fraction of sp³-hybridized carbons (Fsp3) is 0.524. The number of carbonyl (C=O) groups is 2. The SMILES string of the molecule is Cc1nn(C(C)C2(OC(=O)O)CCCCC2)c(=NC(=O)c2ccc(C(F)(F)F)c(S(C)=O)c2Cl)o1. The molecule has 1 aromatic carbocycles. The Morgan fingerprint density at radius 1 is 1.31 bits per heavy atom. The Bertz CT molecular complexity index is 1230. The van der Waals surface area contributed by atoms with Gasteiger partial charge in [0.05, 0.1) is 37.9 Å². The molecule has 3 rings (SSSR count). The summed E-state index contributed by atoms with van der Waals surface area (Å²) in [5.74, 6) is -0.942. The van der Waals surface area contributed by atoms with Gasteiger partial charge >= 0.3 is 18.0 Å². The first-order valence-electron chi connectivity index (χ1n) is 10.6. The lowest BCUT2D eigenvalue weighted by molar-refractivity contribution is -0.139. The van der Waals surface area contributed by atoms with Gasteiger partial charge in [-0.2, -0.15) is 18.2 Å². The number of aromatic nitrogens is 2. The van der Waals surface area contributed by atoms with Gasteiger partial charge in [-0.1, -0.05) is 18.0 Å². The average molecular weight is 538 g/mol. The van der Waals surface area contributed by atoms with Crippen molar-refractivity contribution in [2.75, 3.05) is 6.26 Å². The number of amides is 1. The molecule has 1 amide bonds. The van der Waals surface area contributed by atoms with Crippen LogP contribution in [-0.4, -0.2) is 43.0 Å². The molecule has 9 nitrogen and oxygen atoms in total. The number of hydrogen-bond acceptors (Lipinski definition) is 6. The Morgan fingerprint density at radius 3 is 2.49 bits per heavy atom. The van der Waals surface area contributed by atoms with Gasteiger partial charge in [0, 0.05) is 13.2 Å². The zero-order valence-electron chi connectivity index (χ0n) is 19.0. The molecule has 0 saturated heterocycles. The fourth-order valence-corrected chi connectivity index (χ4v) is 5.67. The number of benzene rings is 1. The van der Waals surface area contributed by atoms with E-state index in [2.05, 4.69) is 10.1 Å². The second-order valence-corrected chi connectivity index (χ2v) is 9.88. The molecule has 1 fully saturated rings. The number of alkyl halides is 3. The van der Waals surface area contributed by atoms with E-state index in [1.807, 2.05) is 0 Å². The van der Waals surface area contributed by atoms with Crippen LogP contribution < -0.4 is 5.68 Å². The van der Waals surface area contributed by atoms with Crippen LogP contribution in [-0.2, 0) is 21.7 Å². The van der Waals surface area contributed by atoms with Crippen LogP contribution >= 0.6 is 11.6 Å². The quantitative estimate of drug-likeness (QED) is 0.538. The van der Waals surface area contributed by atoms with E-state index < -0.39 is 61.7 Å². The Labute approximate surface area is 205 Å². The van der Waals surface area contributed by atoms with E-state index >= 15 is 0 Å². The largest absolute Gasteiger partial charge is 0.506 e. The molecule has 1 aromatic heterocycles. The van der Waals surface area contributed by atoms with Crippen LogP contribution in [0.15, 0.2) is 26.4 Å². The molecule has 0 aliphatic heterocycles. The summed E-state index contributed by atoms with van der Waals surface area (Å²) in [6.45, 7) is 3.14. The molecule has 14 heteroatoms. The van der Waals surface area contributed by atoms with Crippen molar-refractivity contribution < 1.29 is 41.2 Å². The molecular formula is C21H23ClF3N3O6S. The fourth-order valence-electron chi connectivity index (χ4n) is 4.24. The van der Waals surface area contributed by atoms with Crippen molar-refractivity contribution in [3.8, 4) is 0 Å². The Morgan fingerprint density at radius 2 is 1.94 bits per heavy atom. The van der Waals surface area contributed by atoms with Crippen LogP contribution in [0, 0.1) is 6.92 Å². The topological polar surface area (TPSA) is 124 Å². The highest BCUT2D eigenvalue weighted by Crippen LogP contribution is 2.40. The molecule has 0 bridgehead atoms. The number of rotatable bonds is 5. The van der Waals surface area contributed by atoms with E-state index in [0.717, 1.165) is 31.6 Å². The van der Waals surface area contributed by atoms with Crippen molar-refractivity contribution in [3.63, 3.8) is 0 Å². The molecule has 192 valence electrons. The van der Waals surface area contributed by atoms with Crippen molar-refractivity contribution in [1.82, 2.24) is 9.78 Å². The van der Waals surface area contributed by atoms with Gasteiger partial charge in [-0.15, -0.1) is 5.10 Å². The number of nitrogens with zero attached hydrogens (tertiary/aromatic N) is 3. The maximum absolute atomic E-state index is 13.3. The van der Waals surface area contributed by atoms with Crippen molar-refractivity contribution in [2.45, 2.75) is 68.7 Å². The van der Waals surface area contributed by atoms with Gasteiger partial charge < -0.3 is 14.3 Å². The summed E-state index contributed by atoms with van der Waals surface area (Å²) < 4.78 is 64.0. The van der Waals surface area contributed by atoms with E-state index in [1.54, 1.807) is 6.92 Å². The van der Waals surface area contributed by atoms with E-state index in [1.165, 1.54) is 11.6 Å². The number of carboxylic acid groups (broad SMARTS) is 1. The molecule has 1 heterocycles. The lowest BCUT2D eigenvalue weighted by atomic mass is 9.80. The van der Waals surface area contributed by atoms with Crippen LogP contribution in [0.5, 0.6) is 0 Å². The summed E-state index contributed by atoms with van der Waals surface area (Å²) in [6, 6.07) is 0.746. The predicted molar refractivity (Wildman–Crippen MR) is 118 cm³/mol. The first-order valence-corrected chi connectivity index (χ1v) is 12.5. The van der Waals surface area contributed by atoms with Gasteiger partial charge in [-0.05, 0) is 44.7 Å². The Balaban J connectivity index is 2.09. The molecule has 35 heavy (non-hydrogen) atoms. The standard InChI is InChI=1S/C21H23ClF3N3O6S/c1-11(20(34-19(30)31)9-5-4-6-10-20)28-18(33-12(2)27-28)26-17(29)13-7-8-14(21(23,24)25)16(15(13)22)35(3)32/h7-8,11H,4-6,9-10H2,1-3H3,(H,30,31). The summed E-state index contributed by atoms with van der Waals surface area (Å²) >= 11 is 6.07. The molecular weight excluding hydrogens is 515 g/mol. The van der Waals surface area contributed by atoms with Gasteiger partial charge in [0.25, 0.3) is 5.91 Å². The second kappa shape index (κ2) is 10.1. The molecule has 2 aromatic rings. The first-order chi connectivity index (χ1) is 16.3. The van der Waals surface area contributed by atoms with Gasteiger partial charge in [-0.3, -0.25) is 9.00 Å². The van der Waals surface area contributed by atoms with Crippen molar-refractivity contribution >= 4 is 34.5 Å². The highest BCUT2D eigenvalue weighted by atomic mass is 35.5. The third-order valence-electron chi connectivity index (χ3n) is 5.92. The molecule has 1 N–H and O–H groups in total. The van der Waals surface area contributed by atoms with E-state index in [0.29, 0.717) is 18.9 Å². The minimum absolute atomic E-state index is 0.110. The van der Waals surface area contributed by atoms with Gasteiger partial charge in [-0.25, -0.2) is 9.48 Å². The zero-order chi connectivity index (χ0) is 26.1. The highest BCUT2D eigenvalue weighted by Gasteiger charge is 2.44. The summed E-state index contributed by atoms with van der Waals surface area (Å²) in [5.41, 5.74) is -3.07. The van der Waals surface area contributed by atoms with Gasteiger partial charge in [0.2, 0.25) is 5.89 Å². The summed E-state index contributed by atoms with van der Waals surface area (Å²) in [7, 11) is -2.15.